The Morgan fingerprint density at radius 1 is 1.19 bits per heavy atom. The van der Waals surface area contributed by atoms with Crippen LogP contribution in [0.15, 0.2) is 30.3 Å². The van der Waals surface area contributed by atoms with E-state index < -0.39 is 0 Å². The Labute approximate surface area is 130 Å². The standard InChI is InChI=1S/C19H32N2/c1-4-14-20-19(16-11-8-7-9-12-16)18(6-3)21-15-10-13-17(21)5-2/h7-9,11-12,17-20H,4-6,10,13-15H2,1-3H3. The molecule has 118 valence electrons. The maximum absolute atomic E-state index is 3.82. The lowest BCUT2D eigenvalue weighted by Crippen LogP contribution is -2.46. The Morgan fingerprint density at radius 3 is 2.57 bits per heavy atom. The van der Waals surface area contributed by atoms with Crippen molar-refractivity contribution in [2.75, 3.05) is 13.1 Å². The highest BCUT2D eigenvalue weighted by Gasteiger charge is 2.33. The number of benzene rings is 1. The van der Waals surface area contributed by atoms with Crippen LogP contribution in [0.1, 0.15) is 64.5 Å². The van der Waals surface area contributed by atoms with Gasteiger partial charge in [-0.2, -0.15) is 0 Å². The summed E-state index contributed by atoms with van der Waals surface area (Å²) in [6.07, 6.45) is 6.43. The van der Waals surface area contributed by atoms with Crippen LogP contribution in [0, 0.1) is 0 Å². The summed E-state index contributed by atoms with van der Waals surface area (Å²) in [5.74, 6) is 0. The second-order valence-corrected chi connectivity index (χ2v) is 6.26. The molecule has 3 atom stereocenters. The van der Waals surface area contributed by atoms with Crippen LogP contribution < -0.4 is 5.32 Å². The van der Waals surface area contributed by atoms with Crippen LogP contribution in [0.5, 0.6) is 0 Å². The second-order valence-electron chi connectivity index (χ2n) is 6.26. The highest BCUT2D eigenvalue weighted by Crippen LogP contribution is 2.31. The normalized spacial score (nSPS) is 22.3. The number of hydrogen-bond donors (Lipinski definition) is 1. The van der Waals surface area contributed by atoms with E-state index in [1.807, 2.05) is 0 Å². The van der Waals surface area contributed by atoms with Crippen molar-refractivity contribution in [1.29, 1.82) is 0 Å². The van der Waals surface area contributed by atoms with Gasteiger partial charge in [-0.25, -0.2) is 0 Å². The van der Waals surface area contributed by atoms with Gasteiger partial charge in [0, 0.05) is 18.1 Å². The van der Waals surface area contributed by atoms with Crippen LogP contribution >= 0.6 is 0 Å². The van der Waals surface area contributed by atoms with Gasteiger partial charge in [-0.1, -0.05) is 51.1 Å². The molecule has 0 radical (unpaired) electrons. The monoisotopic (exact) mass is 288 g/mol. The molecule has 2 nitrogen and oxygen atoms in total. The lowest BCUT2D eigenvalue weighted by Gasteiger charge is -2.38. The molecule has 1 saturated heterocycles. The van der Waals surface area contributed by atoms with Gasteiger partial charge in [0.05, 0.1) is 0 Å². The molecule has 1 N–H and O–H groups in total. The summed E-state index contributed by atoms with van der Waals surface area (Å²) in [5, 5.41) is 3.82. The predicted molar refractivity (Wildman–Crippen MR) is 91.6 cm³/mol. The third kappa shape index (κ3) is 4.08. The lowest BCUT2D eigenvalue weighted by molar-refractivity contribution is 0.134. The zero-order chi connectivity index (χ0) is 15.1. The topological polar surface area (TPSA) is 15.3 Å². The fraction of sp³-hybridized carbons (Fsp3) is 0.684. The zero-order valence-corrected chi connectivity index (χ0v) is 14.0. The van der Waals surface area contributed by atoms with Gasteiger partial charge in [0.25, 0.3) is 0 Å². The summed E-state index contributed by atoms with van der Waals surface area (Å²) in [6.45, 7) is 9.31. The average molecular weight is 288 g/mol. The van der Waals surface area contributed by atoms with Crippen molar-refractivity contribution >= 4 is 0 Å². The van der Waals surface area contributed by atoms with E-state index in [-0.39, 0.29) is 0 Å². The summed E-state index contributed by atoms with van der Waals surface area (Å²) in [4.78, 5) is 2.78. The molecule has 1 heterocycles. The molecule has 0 aliphatic carbocycles. The first kappa shape index (κ1) is 16.5. The Morgan fingerprint density at radius 2 is 1.95 bits per heavy atom. The summed E-state index contributed by atoms with van der Waals surface area (Å²) in [7, 11) is 0. The molecule has 3 unspecified atom stereocenters. The molecule has 1 aromatic rings. The van der Waals surface area contributed by atoms with E-state index in [4.69, 9.17) is 0 Å². The predicted octanol–water partition coefficient (Wildman–Crippen LogP) is 4.38. The molecular formula is C19H32N2. The summed E-state index contributed by atoms with van der Waals surface area (Å²) in [5.41, 5.74) is 1.44. The quantitative estimate of drug-likeness (QED) is 0.763. The smallest absolute Gasteiger partial charge is 0.0478 e. The van der Waals surface area contributed by atoms with E-state index >= 15 is 0 Å². The molecule has 0 aromatic heterocycles. The molecular weight excluding hydrogens is 256 g/mol. The Balaban J connectivity index is 2.20. The molecule has 0 bridgehead atoms. The highest BCUT2D eigenvalue weighted by molar-refractivity contribution is 5.21. The molecule has 1 aliphatic heterocycles. The van der Waals surface area contributed by atoms with Crippen LogP contribution in [0.25, 0.3) is 0 Å². The van der Waals surface area contributed by atoms with Crippen LogP contribution in [0.3, 0.4) is 0 Å². The fourth-order valence-corrected chi connectivity index (χ4v) is 3.83. The Hall–Kier alpha value is -0.860. The fourth-order valence-electron chi connectivity index (χ4n) is 3.83. The molecule has 1 fully saturated rings. The third-order valence-corrected chi connectivity index (χ3v) is 4.90. The number of nitrogens with zero attached hydrogens (tertiary/aromatic N) is 1. The number of nitrogens with one attached hydrogen (secondary N) is 1. The second kappa shape index (κ2) is 8.55. The molecule has 0 spiro atoms. The first-order valence-corrected chi connectivity index (χ1v) is 8.85. The third-order valence-electron chi connectivity index (χ3n) is 4.90. The SMILES string of the molecule is CCCNC(c1ccccc1)C(CC)N1CCCC1CC. The summed E-state index contributed by atoms with van der Waals surface area (Å²) in [6, 6.07) is 12.9. The summed E-state index contributed by atoms with van der Waals surface area (Å²) >= 11 is 0. The summed E-state index contributed by atoms with van der Waals surface area (Å²) < 4.78 is 0. The van der Waals surface area contributed by atoms with Crippen molar-refractivity contribution in [3.05, 3.63) is 35.9 Å². The maximum Gasteiger partial charge on any atom is 0.0478 e. The van der Waals surface area contributed by atoms with Crippen molar-refractivity contribution in [3.8, 4) is 0 Å². The van der Waals surface area contributed by atoms with Gasteiger partial charge in [0.2, 0.25) is 0 Å². The highest BCUT2D eigenvalue weighted by atomic mass is 15.2. The van der Waals surface area contributed by atoms with E-state index in [1.165, 1.54) is 44.2 Å². The van der Waals surface area contributed by atoms with E-state index in [1.54, 1.807) is 0 Å². The number of rotatable bonds is 8. The van der Waals surface area contributed by atoms with Crippen LogP contribution in [0.2, 0.25) is 0 Å². The Bertz CT molecular complexity index is 390. The van der Waals surface area contributed by atoms with Crippen molar-refractivity contribution in [1.82, 2.24) is 10.2 Å². The number of likely N-dealkylation sites (tertiary alicyclic amines) is 1. The average Bonchev–Trinajstić information content (AvgIpc) is 3.00. The van der Waals surface area contributed by atoms with E-state index in [2.05, 4.69) is 61.3 Å². The van der Waals surface area contributed by atoms with Crippen molar-refractivity contribution in [2.24, 2.45) is 0 Å². The maximum atomic E-state index is 3.82. The minimum absolute atomic E-state index is 0.461. The van der Waals surface area contributed by atoms with Crippen LogP contribution in [-0.2, 0) is 0 Å². The van der Waals surface area contributed by atoms with Gasteiger partial charge in [0.15, 0.2) is 0 Å². The van der Waals surface area contributed by atoms with Crippen LogP contribution in [-0.4, -0.2) is 30.1 Å². The van der Waals surface area contributed by atoms with Gasteiger partial charge in [-0.05, 0) is 50.8 Å². The van der Waals surface area contributed by atoms with Crippen molar-refractivity contribution in [2.45, 2.75) is 71.0 Å². The van der Waals surface area contributed by atoms with Gasteiger partial charge in [0.1, 0.15) is 0 Å². The number of hydrogen-bond acceptors (Lipinski definition) is 2. The van der Waals surface area contributed by atoms with Crippen molar-refractivity contribution < 1.29 is 0 Å². The van der Waals surface area contributed by atoms with Gasteiger partial charge in [-0.15, -0.1) is 0 Å². The van der Waals surface area contributed by atoms with Gasteiger partial charge < -0.3 is 5.32 Å². The first-order valence-electron chi connectivity index (χ1n) is 8.85. The zero-order valence-electron chi connectivity index (χ0n) is 14.0. The van der Waals surface area contributed by atoms with Gasteiger partial charge >= 0.3 is 0 Å². The molecule has 21 heavy (non-hydrogen) atoms. The van der Waals surface area contributed by atoms with E-state index in [0.717, 1.165) is 12.6 Å². The lowest BCUT2D eigenvalue weighted by atomic mass is 9.94. The van der Waals surface area contributed by atoms with E-state index in [0.29, 0.717) is 12.1 Å². The minimum atomic E-state index is 0.461. The van der Waals surface area contributed by atoms with Crippen molar-refractivity contribution in [3.63, 3.8) is 0 Å². The molecule has 0 amide bonds. The molecule has 0 saturated carbocycles. The first-order chi connectivity index (χ1) is 10.3. The van der Waals surface area contributed by atoms with E-state index in [9.17, 15) is 0 Å². The Kier molecular flexibility index (Phi) is 6.72. The molecule has 1 aliphatic rings. The minimum Gasteiger partial charge on any atom is -0.309 e. The molecule has 1 aromatic carbocycles. The molecule has 2 heteroatoms. The molecule has 2 rings (SSSR count). The van der Waals surface area contributed by atoms with Crippen LogP contribution in [0.4, 0.5) is 0 Å². The largest absolute Gasteiger partial charge is 0.309 e. The van der Waals surface area contributed by atoms with Gasteiger partial charge in [-0.3, -0.25) is 4.90 Å².